The average molecular weight is 649 g/mol. The van der Waals surface area contributed by atoms with Crippen LogP contribution in [0.1, 0.15) is 64.3 Å². The van der Waals surface area contributed by atoms with Gasteiger partial charge in [0.1, 0.15) is 11.7 Å². The Hall–Kier alpha value is -2.30. The molecule has 2 heterocycles. The molecule has 15 heteroatoms. The zero-order chi connectivity index (χ0) is 32.2. The van der Waals surface area contributed by atoms with E-state index in [1.54, 1.807) is 37.3 Å². The molecule has 1 N–H and O–H groups in total. The van der Waals surface area contributed by atoms with Crippen LogP contribution in [0, 0.1) is 6.92 Å². The van der Waals surface area contributed by atoms with Crippen LogP contribution in [-0.2, 0) is 34.8 Å². The first-order valence-electron chi connectivity index (χ1n) is 14.1. The number of halogens is 3. The zero-order valence-corrected chi connectivity index (χ0v) is 27.1. The minimum Gasteiger partial charge on any atom is -0.408 e. The van der Waals surface area contributed by atoms with Crippen molar-refractivity contribution in [1.29, 1.82) is 0 Å². The summed E-state index contributed by atoms with van der Waals surface area (Å²) in [5, 5.41) is -0.252. The minimum atomic E-state index is -6.19. The molecule has 240 valence electrons. The molecule has 1 aromatic carbocycles. The monoisotopic (exact) mass is 648 g/mol. The summed E-state index contributed by atoms with van der Waals surface area (Å²) in [6.07, 6.45) is -2.98. The molecule has 1 saturated carbocycles. The Labute approximate surface area is 249 Å². The highest BCUT2D eigenvalue weighted by Crippen LogP contribution is 2.62. The number of rotatable bonds is 10. The van der Waals surface area contributed by atoms with Crippen molar-refractivity contribution >= 4 is 18.4 Å². The molecule has 1 aromatic heterocycles. The molecule has 0 spiro atoms. The van der Waals surface area contributed by atoms with Gasteiger partial charge in [0.25, 0.3) is 5.56 Å². The maximum absolute atomic E-state index is 13.7. The molecular formula is C28H39F3N2O8SSi. The number of aryl methyl sites for hydroxylation is 1. The molecule has 4 atom stereocenters. The number of aromatic amines is 1. The first kappa shape index (κ1) is 33.6. The number of hydrogen-bond acceptors (Lipinski definition) is 8. The van der Waals surface area contributed by atoms with Gasteiger partial charge in [0.2, 0.25) is 0 Å². The topological polar surface area (TPSA) is 126 Å². The average Bonchev–Trinajstić information content (AvgIpc) is 3.60. The van der Waals surface area contributed by atoms with E-state index in [0.717, 1.165) is 10.8 Å². The molecule has 1 saturated heterocycles. The van der Waals surface area contributed by atoms with Crippen LogP contribution in [0.5, 0.6) is 0 Å². The van der Waals surface area contributed by atoms with Gasteiger partial charge in [-0.1, -0.05) is 58.0 Å². The summed E-state index contributed by atoms with van der Waals surface area (Å²) in [5.41, 5.74) is -9.36. The number of nitrogens with one attached hydrogen (secondary N) is 1. The Bertz CT molecular complexity index is 1550. The minimum absolute atomic E-state index is 0.0510. The van der Waals surface area contributed by atoms with Crippen LogP contribution in [0.4, 0.5) is 13.2 Å². The highest BCUT2D eigenvalue weighted by molar-refractivity contribution is 7.87. The Morgan fingerprint density at radius 1 is 1.12 bits per heavy atom. The van der Waals surface area contributed by atoms with E-state index in [4.69, 9.17) is 18.1 Å². The number of nitrogens with zero attached hydrogens (tertiary/aromatic N) is 1. The lowest BCUT2D eigenvalue weighted by Gasteiger charge is -2.47. The van der Waals surface area contributed by atoms with Crippen molar-refractivity contribution < 1.29 is 39.7 Å². The molecule has 1 unspecified atom stereocenters. The molecule has 2 aliphatic rings. The molecule has 1 aliphatic carbocycles. The standard InChI is InChI=1S/C28H39F3N2O8SSi/c1-8-27(26(14-15-26)41-43(6,7)25(3,4)5)21(38-17-19-12-10-9-11-13-19)20(40-42(36,37)28(29,30)31)23(39-27)33-16-18(2)22(34)32-24(33)35/h9-13,16,20-21,23H,8,14-15,17H2,1-7H3,(H,32,34,35)/t20-,21?,23+,27+/m0/s1. The van der Waals surface area contributed by atoms with Gasteiger partial charge in [0.05, 0.1) is 12.2 Å². The molecule has 0 radical (unpaired) electrons. The van der Waals surface area contributed by atoms with Crippen LogP contribution in [0.25, 0.3) is 0 Å². The van der Waals surface area contributed by atoms with E-state index < -0.39 is 64.8 Å². The highest BCUT2D eigenvalue weighted by atomic mass is 32.2. The van der Waals surface area contributed by atoms with Crippen LogP contribution in [0.2, 0.25) is 18.1 Å². The van der Waals surface area contributed by atoms with Gasteiger partial charge in [0, 0.05) is 11.8 Å². The number of alkyl halides is 3. The van der Waals surface area contributed by atoms with Crippen molar-refractivity contribution in [3.05, 3.63) is 68.5 Å². The largest absolute Gasteiger partial charge is 0.523 e. The normalized spacial score (nSPS) is 26.0. The number of benzene rings is 1. The number of hydrogen-bond donors (Lipinski definition) is 1. The Morgan fingerprint density at radius 2 is 1.72 bits per heavy atom. The predicted octanol–water partition coefficient (Wildman–Crippen LogP) is 4.90. The predicted molar refractivity (Wildman–Crippen MR) is 154 cm³/mol. The van der Waals surface area contributed by atoms with E-state index in [1.165, 1.54) is 6.92 Å². The van der Waals surface area contributed by atoms with E-state index in [1.807, 2.05) is 33.9 Å². The van der Waals surface area contributed by atoms with Crippen molar-refractivity contribution in [1.82, 2.24) is 9.55 Å². The van der Waals surface area contributed by atoms with Crippen LogP contribution in [0.15, 0.2) is 46.1 Å². The maximum Gasteiger partial charge on any atom is 0.523 e. The third kappa shape index (κ3) is 6.16. The SMILES string of the molecule is CC[C@@]1(C2(O[Si](C)(C)C(C)(C)C)CC2)O[C@@H](n2cc(C)c(=O)[nH]c2=O)[C@@H](OS(=O)(=O)C(F)(F)F)C1OCc1ccccc1. The van der Waals surface area contributed by atoms with Crippen molar-refractivity contribution in [2.24, 2.45) is 0 Å². The summed E-state index contributed by atoms with van der Waals surface area (Å²) < 4.78 is 91.8. The van der Waals surface area contributed by atoms with Crippen LogP contribution in [-0.4, -0.2) is 55.2 Å². The first-order valence-corrected chi connectivity index (χ1v) is 18.4. The molecule has 10 nitrogen and oxygen atoms in total. The second-order valence-electron chi connectivity index (χ2n) is 12.8. The fourth-order valence-corrected chi connectivity index (χ4v) is 7.64. The number of H-pyrrole nitrogens is 1. The lowest BCUT2D eigenvalue weighted by atomic mass is 9.84. The molecule has 1 aliphatic heterocycles. The van der Waals surface area contributed by atoms with E-state index in [9.17, 15) is 31.2 Å². The van der Waals surface area contributed by atoms with Gasteiger partial charge in [-0.25, -0.2) is 4.79 Å². The van der Waals surface area contributed by atoms with E-state index in [-0.39, 0.29) is 23.6 Å². The Morgan fingerprint density at radius 3 is 2.23 bits per heavy atom. The first-order chi connectivity index (χ1) is 19.7. The maximum atomic E-state index is 13.7. The third-order valence-electron chi connectivity index (χ3n) is 8.84. The van der Waals surface area contributed by atoms with Crippen LogP contribution < -0.4 is 11.2 Å². The van der Waals surface area contributed by atoms with Gasteiger partial charge in [-0.2, -0.15) is 21.6 Å². The summed E-state index contributed by atoms with van der Waals surface area (Å²) in [4.78, 5) is 27.3. The second kappa shape index (κ2) is 11.2. The van der Waals surface area contributed by atoms with Crippen molar-refractivity contribution in [2.45, 2.75) is 114 Å². The van der Waals surface area contributed by atoms with Gasteiger partial charge in [-0.3, -0.25) is 18.5 Å². The molecular weight excluding hydrogens is 609 g/mol. The van der Waals surface area contributed by atoms with E-state index in [0.29, 0.717) is 18.4 Å². The van der Waals surface area contributed by atoms with E-state index in [2.05, 4.69) is 4.98 Å². The fraction of sp³-hybridized carbons (Fsp3) is 0.643. The molecule has 43 heavy (non-hydrogen) atoms. The second-order valence-corrected chi connectivity index (χ2v) is 19.1. The van der Waals surface area contributed by atoms with Crippen molar-refractivity contribution in [3.63, 3.8) is 0 Å². The molecule has 2 aromatic rings. The van der Waals surface area contributed by atoms with Crippen LogP contribution in [0.3, 0.4) is 0 Å². The number of ether oxygens (including phenoxy) is 2. The van der Waals surface area contributed by atoms with Gasteiger partial charge in [-0.05, 0) is 49.9 Å². The van der Waals surface area contributed by atoms with Gasteiger partial charge < -0.3 is 13.9 Å². The summed E-state index contributed by atoms with van der Waals surface area (Å²) >= 11 is 0. The highest BCUT2D eigenvalue weighted by Gasteiger charge is 2.73. The Kier molecular flexibility index (Phi) is 8.79. The molecule has 2 fully saturated rings. The molecule has 0 amide bonds. The quantitative estimate of drug-likeness (QED) is 0.219. The molecule has 4 rings (SSSR count). The summed E-state index contributed by atoms with van der Waals surface area (Å²) in [5.74, 6) is 0. The summed E-state index contributed by atoms with van der Waals surface area (Å²) in [6.45, 7) is 13.2. The smallest absolute Gasteiger partial charge is 0.408 e. The lowest BCUT2D eigenvalue weighted by molar-refractivity contribution is -0.185. The zero-order valence-electron chi connectivity index (χ0n) is 25.3. The fourth-order valence-electron chi connectivity index (χ4n) is 5.38. The van der Waals surface area contributed by atoms with Crippen molar-refractivity contribution in [3.8, 4) is 0 Å². The summed E-state index contributed by atoms with van der Waals surface area (Å²) in [7, 11) is -8.73. The Balaban J connectivity index is 1.93. The van der Waals surface area contributed by atoms with E-state index >= 15 is 0 Å². The third-order valence-corrected chi connectivity index (χ3v) is 14.4. The summed E-state index contributed by atoms with van der Waals surface area (Å²) in [6, 6.07) is 8.80. The molecule has 0 bridgehead atoms. The van der Waals surface area contributed by atoms with Crippen LogP contribution >= 0.6 is 0 Å². The van der Waals surface area contributed by atoms with Crippen molar-refractivity contribution in [2.75, 3.05) is 0 Å². The van der Waals surface area contributed by atoms with Gasteiger partial charge in [-0.15, -0.1) is 0 Å². The van der Waals surface area contributed by atoms with Gasteiger partial charge >= 0.3 is 21.3 Å². The van der Waals surface area contributed by atoms with Gasteiger partial charge in [0.15, 0.2) is 20.6 Å². The lowest BCUT2D eigenvalue weighted by Crippen LogP contribution is -2.60. The number of aromatic nitrogens is 2.